The number of benzene rings is 3. The van der Waals surface area contributed by atoms with Crippen LogP contribution in [0, 0.1) is 0 Å². The fraction of sp³-hybridized carbons (Fsp3) is 0.368. The molecule has 3 aromatic carbocycles. The number of hydrogen-bond donors (Lipinski definition) is 0. The quantitative estimate of drug-likeness (QED) is 0.109. The second-order valence-electron chi connectivity index (χ2n) is 11.8. The number of piperidine rings is 1. The molecule has 1 fully saturated rings. The number of hydrogen-bond acceptors (Lipinski definition) is 10. The van der Waals surface area contributed by atoms with E-state index in [1.54, 1.807) is 36.9 Å². The first-order valence-electron chi connectivity index (χ1n) is 16.6. The summed E-state index contributed by atoms with van der Waals surface area (Å²) in [5.41, 5.74) is 5.57. The van der Waals surface area contributed by atoms with Crippen LogP contribution in [0.15, 0.2) is 77.5 Å². The van der Waals surface area contributed by atoms with Gasteiger partial charge in [0.2, 0.25) is 0 Å². The summed E-state index contributed by atoms with van der Waals surface area (Å²) in [5, 5.41) is 6.33. The number of likely N-dealkylation sites (tertiary alicyclic amines) is 1. The maximum Gasteiger partial charge on any atom is 0.161 e. The van der Waals surface area contributed by atoms with Crippen molar-refractivity contribution < 1.29 is 18.9 Å². The Morgan fingerprint density at radius 2 is 1.23 bits per heavy atom. The normalized spacial score (nSPS) is 13.9. The van der Waals surface area contributed by atoms with Gasteiger partial charge in [0, 0.05) is 47.6 Å². The number of thiazole rings is 2. The van der Waals surface area contributed by atoms with Crippen molar-refractivity contribution in [3.8, 4) is 44.1 Å². The predicted molar refractivity (Wildman–Crippen MR) is 195 cm³/mol. The summed E-state index contributed by atoms with van der Waals surface area (Å²) in [6.45, 7) is 9.79. The van der Waals surface area contributed by atoms with E-state index >= 15 is 0 Å². The minimum Gasteiger partial charge on any atom is -0.493 e. The molecule has 0 spiro atoms. The Labute approximate surface area is 291 Å². The van der Waals surface area contributed by atoms with E-state index in [0.29, 0.717) is 19.3 Å². The second kappa shape index (κ2) is 16.4. The van der Waals surface area contributed by atoms with Gasteiger partial charge in [0.05, 0.1) is 38.8 Å². The zero-order valence-corrected chi connectivity index (χ0v) is 29.8. The van der Waals surface area contributed by atoms with Crippen LogP contribution in [0.4, 0.5) is 0 Å². The van der Waals surface area contributed by atoms with Crippen molar-refractivity contribution in [2.24, 2.45) is 0 Å². The standard InChI is InChI=1S/C38H44N4O4S2/c1-5-45-33-14-12-28(20-35(33)43-3)37-39-30(25-47-37)23-42(32-16-18-41(19-17-32)22-27-10-8-7-9-11-27)24-31-26-48-38(40-31)29-13-15-34(46-6-2)36(21-29)44-4/h7-15,20-21,25-26,32H,5-6,16-19,22-24H2,1-4H3. The van der Waals surface area contributed by atoms with E-state index in [0.717, 1.165) is 101 Å². The fourth-order valence-electron chi connectivity index (χ4n) is 6.19. The molecule has 0 atom stereocenters. The molecule has 1 aliphatic rings. The Balaban J connectivity index is 1.20. The molecule has 0 bridgehead atoms. The van der Waals surface area contributed by atoms with Crippen molar-refractivity contribution in [2.75, 3.05) is 40.5 Å². The molecular weight excluding hydrogens is 641 g/mol. The van der Waals surface area contributed by atoms with Gasteiger partial charge in [-0.3, -0.25) is 9.80 Å². The number of nitrogens with zero attached hydrogens (tertiary/aromatic N) is 4. The zero-order valence-electron chi connectivity index (χ0n) is 28.2. The van der Waals surface area contributed by atoms with E-state index < -0.39 is 0 Å². The maximum atomic E-state index is 5.73. The third kappa shape index (κ3) is 8.36. The van der Waals surface area contributed by atoms with Gasteiger partial charge in [0.15, 0.2) is 23.0 Å². The Morgan fingerprint density at radius 3 is 1.71 bits per heavy atom. The van der Waals surface area contributed by atoms with Crippen molar-refractivity contribution in [3.63, 3.8) is 0 Å². The highest BCUT2D eigenvalue weighted by Gasteiger charge is 2.27. The van der Waals surface area contributed by atoms with Crippen LogP contribution in [0.25, 0.3) is 21.1 Å². The molecule has 0 saturated carbocycles. The maximum absolute atomic E-state index is 5.73. The van der Waals surface area contributed by atoms with E-state index in [-0.39, 0.29) is 0 Å². The molecule has 0 unspecified atom stereocenters. The molecule has 0 N–H and O–H groups in total. The largest absolute Gasteiger partial charge is 0.493 e. The molecule has 8 nitrogen and oxygen atoms in total. The van der Waals surface area contributed by atoms with Crippen LogP contribution >= 0.6 is 22.7 Å². The van der Waals surface area contributed by atoms with Crippen LogP contribution in [0.5, 0.6) is 23.0 Å². The van der Waals surface area contributed by atoms with E-state index in [1.165, 1.54) is 5.56 Å². The minimum atomic E-state index is 0.434. The molecule has 5 aromatic rings. The lowest BCUT2D eigenvalue weighted by Gasteiger charge is -2.38. The summed E-state index contributed by atoms with van der Waals surface area (Å²) >= 11 is 3.34. The Kier molecular flexibility index (Phi) is 11.6. The van der Waals surface area contributed by atoms with E-state index in [9.17, 15) is 0 Å². The fourth-order valence-corrected chi connectivity index (χ4v) is 7.81. The van der Waals surface area contributed by atoms with Gasteiger partial charge in [0.25, 0.3) is 0 Å². The first-order valence-corrected chi connectivity index (χ1v) is 18.3. The molecule has 0 radical (unpaired) electrons. The lowest BCUT2D eigenvalue weighted by molar-refractivity contribution is 0.0917. The van der Waals surface area contributed by atoms with Crippen LogP contribution in [0.3, 0.4) is 0 Å². The number of aromatic nitrogens is 2. The SMILES string of the molecule is CCOc1ccc(-c2nc(CN(Cc3csc(-c4ccc(OCC)c(OC)c4)n3)C3CCN(Cc4ccccc4)CC3)cs2)cc1OC. The number of methoxy groups -OCH3 is 2. The Hall–Kier alpha value is -3.96. The lowest BCUT2D eigenvalue weighted by atomic mass is 10.0. The summed E-state index contributed by atoms with van der Waals surface area (Å²) in [6, 6.07) is 23.3. The zero-order chi connectivity index (χ0) is 33.3. The summed E-state index contributed by atoms with van der Waals surface area (Å²) in [5.74, 6) is 2.94. The molecule has 0 amide bonds. The van der Waals surface area contributed by atoms with Gasteiger partial charge in [-0.25, -0.2) is 9.97 Å². The van der Waals surface area contributed by atoms with Crippen LogP contribution < -0.4 is 18.9 Å². The Morgan fingerprint density at radius 1 is 0.708 bits per heavy atom. The number of rotatable bonds is 15. The lowest BCUT2D eigenvalue weighted by Crippen LogP contribution is -2.44. The molecular formula is C38H44N4O4S2. The third-order valence-corrected chi connectivity index (χ3v) is 10.5. The van der Waals surface area contributed by atoms with Crippen molar-refractivity contribution in [2.45, 2.75) is 52.4 Å². The van der Waals surface area contributed by atoms with Crippen molar-refractivity contribution in [1.29, 1.82) is 0 Å². The average molecular weight is 685 g/mol. The van der Waals surface area contributed by atoms with Crippen LogP contribution in [0.1, 0.15) is 43.6 Å². The topological polar surface area (TPSA) is 69.2 Å². The predicted octanol–water partition coefficient (Wildman–Crippen LogP) is 8.42. The summed E-state index contributed by atoms with van der Waals surface area (Å²) in [4.78, 5) is 15.4. The minimum absolute atomic E-state index is 0.434. The van der Waals surface area contributed by atoms with Gasteiger partial charge in [0.1, 0.15) is 10.0 Å². The monoisotopic (exact) mass is 684 g/mol. The highest BCUT2D eigenvalue weighted by molar-refractivity contribution is 7.13. The highest BCUT2D eigenvalue weighted by Crippen LogP contribution is 2.36. The van der Waals surface area contributed by atoms with Gasteiger partial charge < -0.3 is 18.9 Å². The Bertz CT molecular complexity index is 1650. The second-order valence-corrected chi connectivity index (χ2v) is 13.5. The van der Waals surface area contributed by atoms with Crippen LogP contribution in [0.2, 0.25) is 0 Å². The highest BCUT2D eigenvalue weighted by atomic mass is 32.1. The van der Waals surface area contributed by atoms with Crippen LogP contribution in [-0.2, 0) is 19.6 Å². The smallest absolute Gasteiger partial charge is 0.161 e. The first kappa shape index (κ1) is 33.9. The van der Waals surface area contributed by atoms with Gasteiger partial charge >= 0.3 is 0 Å². The third-order valence-electron chi connectivity index (χ3n) is 8.58. The van der Waals surface area contributed by atoms with E-state index in [1.807, 2.05) is 38.1 Å². The van der Waals surface area contributed by atoms with Gasteiger partial charge in [-0.1, -0.05) is 30.3 Å². The molecule has 0 aliphatic carbocycles. The molecule has 1 aliphatic heterocycles. The molecule has 1 saturated heterocycles. The summed E-state index contributed by atoms with van der Waals surface area (Å²) in [7, 11) is 3.35. The number of ether oxygens (including phenoxy) is 4. The molecule has 252 valence electrons. The first-order chi connectivity index (χ1) is 23.6. The molecule has 3 heterocycles. The van der Waals surface area contributed by atoms with Crippen molar-refractivity contribution in [1.82, 2.24) is 19.8 Å². The van der Waals surface area contributed by atoms with E-state index in [4.69, 9.17) is 28.9 Å². The van der Waals surface area contributed by atoms with E-state index in [2.05, 4.69) is 63.0 Å². The van der Waals surface area contributed by atoms with Crippen molar-refractivity contribution in [3.05, 3.63) is 94.4 Å². The van der Waals surface area contributed by atoms with Crippen LogP contribution in [-0.4, -0.2) is 66.3 Å². The summed E-state index contributed by atoms with van der Waals surface area (Å²) < 4.78 is 22.7. The van der Waals surface area contributed by atoms with Crippen molar-refractivity contribution >= 4 is 22.7 Å². The molecule has 6 rings (SSSR count). The molecule has 10 heteroatoms. The van der Waals surface area contributed by atoms with Gasteiger partial charge in [-0.05, 0) is 81.7 Å². The summed E-state index contributed by atoms with van der Waals surface area (Å²) in [6.07, 6.45) is 2.21. The average Bonchev–Trinajstić information content (AvgIpc) is 3.80. The molecule has 48 heavy (non-hydrogen) atoms. The van der Waals surface area contributed by atoms with Gasteiger partial charge in [-0.15, -0.1) is 22.7 Å². The van der Waals surface area contributed by atoms with Gasteiger partial charge in [-0.2, -0.15) is 0 Å². The molecule has 2 aromatic heterocycles.